The third kappa shape index (κ3) is 1.36. The Kier molecular flexibility index (Phi) is 1.50. The number of aromatic nitrogens is 2. The fourth-order valence-electron chi connectivity index (χ4n) is 1.03. The maximum absolute atomic E-state index is 5.55. The van der Waals surface area contributed by atoms with Gasteiger partial charge < -0.3 is 4.42 Å². The van der Waals surface area contributed by atoms with E-state index in [9.17, 15) is 0 Å². The minimum Gasteiger partial charge on any atom is -0.424 e. The van der Waals surface area contributed by atoms with Gasteiger partial charge in [0.15, 0.2) is 0 Å². The van der Waals surface area contributed by atoms with Crippen molar-refractivity contribution in [2.24, 2.45) is 0 Å². The Hall–Kier alpha value is -0.860. The highest BCUT2D eigenvalue weighted by molar-refractivity contribution is 5.03. The summed E-state index contributed by atoms with van der Waals surface area (Å²) in [5.41, 5.74) is -0.0137. The second-order valence-electron chi connectivity index (χ2n) is 4.47. The number of hydrogen-bond acceptors (Lipinski definition) is 3. The van der Waals surface area contributed by atoms with E-state index in [-0.39, 0.29) is 5.41 Å². The van der Waals surface area contributed by atoms with E-state index in [1.807, 2.05) is 0 Å². The van der Waals surface area contributed by atoms with Gasteiger partial charge in [0, 0.05) is 11.3 Å². The lowest BCUT2D eigenvalue weighted by atomic mass is 9.97. The van der Waals surface area contributed by atoms with Crippen molar-refractivity contribution in [2.45, 2.75) is 44.9 Å². The molecule has 3 nitrogen and oxygen atoms in total. The summed E-state index contributed by atoms with van der Waals surface area (Å²) in [6.07, 6.45) is 2.43. The normalized spacial score (nSPS) is 18.2. The van der Waals surface area contributed by atoms with E-state index in [0.717, 1.165) is 11.8 Å². The van der Waals surface area contributed by atoms with Gasteiger partial charge in [-0.05, 0) is 12.8 Å². The smallest absolute Gasteiger partial charge is 0.221 e. The predicted molar refractivity (Wildman–Crippen MR) is 45.0 cm³/mol. The van der Waals surface area contributed by atoms with Gasteiger partial charge in [-0.15, -0.1) is 10.2 Å². The topological polar surface area (TPSA) is 38.9 Å². The molecule has 0 unspecified atom stereocenters. The molecule has 12 heavy (non-hydrogen) atoms. The zero-order valence-corrected chi connectivity index (χ0v) is 7.79. The first-order valence-corrected chi connectivity index (χ1v) is 4.41. The van der Waals surface area contributed by atoms with E-state index in [2.05, 4.69) is 31.0 Å². The van der Waals surface area contributed by atoms with Crippen LogP contribution >= 0.6 is 0 Å². The van der Waals surface area contributed by atoms with E-state index < -0.39 is 0 Å². The van der Waals surface area contributed by atoms with Gasteiger partial charge in [0.1, 0.15) is 0 Å². The van der Waals surface area contributed by atoms with Crippen molar-refractivity contribution in [1.29, 1.82) is 0 Å². The Morgan fingerprint density at radius 3 is 2.33 bits per heavy atom. The maximum Gasteiger partial charge on any atom is 0.221 e. The molecule has 0 aromatic carbocycles. The average Bonchev–Trinajstić information content (AvgIpc) is 2.66. The summed E-state index contributed by atoms with van der Waals surface area (Å²) in [6, 6.07) is 0. The SMILES string of the molecule is CC(C)(C)c1nnc(C2CC2)o1. The van der Waals surface area contributed by atoms with Crippen LogP contribution in [0.3, 0.4) is 0 Å². The first-order valence-electron chi connectivity index (χ1n) is 4.41. The monoisotopic (exact) mass is 166 g/mol. The van der Waals surface area contributed by atoms with Crippen molar-refractivity contribution in [3.8, 4) is 0 Å². The fourth-order valence-corrected chi connectivity index (χ4v) is 1.03. The molecule has 0 N–H and O–H groups in total. The Morgan fingerprint density at radius 2 is 1.92 bits per heavy atom. The molecular formula is C9H14N2O. The van der Waals surface area contributed by atoms with Crippen molar-refractivity contribution in [1.82, 2.24) is 10.2 Å². The van der Waals surface area contributed by atoms with Crippen LogP contribution in [0.25, 0.3) is 0 Å². The third-order valence-corrected chi connectivity index (χ3v) is 2.01. The second kappa shape index (κ2) is 2.31. The van der Waals surface area contributed by atoms with E-state index in [1.54, 1.807) is 0 Å². The maximum atomic E-state index is 5.55. The summed E-state index contributed by atoms with van der Waals surface area (Å²) < 4.78 is 5.55. The molecule has 1 aliphatic rings. The largest absolute Gasteiger partial charge is 0.424 e. The lowest BCUT2D eigenvalue weighted by Gasteiger charge is -2.10. The molecule has 0 spiro atoms. The van der Waals surface area contributed by atoms with E-state index >= 15 is 0 Å². The van der Waals surface area contributed by atoms with Crippen molar-refractivity contribution in [2.75, 3.05) is 0 Å². The van der Waals surface area contributed by atoms with E-state index in [4.69, 9.17) is 4.42 Å². The van der Waals surface area contributed by atoms with Gasteiger partial charge in [-0.3, -0.25) is 0 Å². The molecule has 1 heterocycles. The van der Waals surface area contributed by atoms with Gasteiger partial charge in [0.05, 0.1) is 0 Å². The molecule has 0 radical (unpaired) electrons. The minimum atomic E-state index is -0.0137. The van der Waals surface area contributed by atoms with Gasteiger partial charge in [-0.1, -0.05) is 20.8 Å². The minimum absolute atomic E-state index is 0.0137. The van der Waals surface area contributed by atoms with Crippen LogP contribution in [0.1, 0.15) is 51.3 Å². The highest BCUT2D eigenvalue weighted by Crippen LogP contribution is 2.39. The first kappa shape index (κ1) is 7.77. The summed E-state index contributed by atoms with van der Waals surface area (Å²) in [5, 5.41) is 8.06. The molecule has 1 aliphatic carbocycles. The quantitative estimate of drug-likeness (QED) is 0.642. The molecule has 0 aliphatic heterocycles. The van der Waals surface area contributed by atoms with Gasteiger partial charge in [-0.25, -0.2) is 0 Å². The molecule has 1 saturated carbocycles. The number of nitrogens with zero attached hydrogens (tertiary/aromatic N) is 2. The summed E-state index contributed by atoms with van der Waals surface area (Å²) >= 11 is 0. The molecule has 2 rings (SSSR count). The van der Waals surface area contributed by atoms with E-state index in [1.165, 1.54) is 12.8 Å². The second-order valence-corrected chi connectivity index (χ2v) is 4.47. The summed E-state index contributed by atoms with van der Waals surface area (Å²) in [5.74, 6) is 2.15. The van der Waals surface area contributed by atoms with Crippen LogP contribution in [0.15, 0.2) is 4.42 Å². The van der Waals surface area contributed by atoms with Crippen LogP contribution in [0.2, 0.25) is 0 Å². The van der Waals surface area contributed by atoms with Gasteiger partial charge in [-0.2, -0.15) is 0 Å². The average molecular weight is 166 g/mol. The van der Waals surface area contributed by atoms with Crippen LogP contribution < -0.4 is 0 Å². The summed E-state index contributed by atoms with van der Waals surface area (Å²) in [4.78, 5) is 0. The first-order chi connectivity index (χ1) is 5.57. The van der Waals surface area contributed by atoms with Gasteiger partial charge >= 0.3 is 0 Å². The summed E-state index contributed by atoms with van der Waals surface area (Å²) in [7, 11) is 0. The molecule has 1 aromatic rings. The van der Waals surface area contributed by atoms with Gasteiger partial charge in [0.2, 0.25) is 11.8 Å². The van der Waals surface area contributed by atoms with Crippen LogP contribution in [-0.2, 0) is 5.41 Å². The van der Waals surface area contributed by atoms with Crippen LogP contribution in [-0.4, -0.2) is 10.2 Å². The summed E-state index contributed by atoms with van der Waals surface area (Å²) in [6.45, 7) is 6.24. The lowest BCUT2D eigenvalue weighted by molar-refractivity contribution is 0.372. The molecule has 0 bridgehead atoms. The molecular weight excluding hydrogens is 152 g/mol. The van der Waals surface area contributed by atoms with Crippen LogP contribution in [0.4, 0.5) is 0 Å². The molecule has 1 fully saturated rings. The van der Waals surface area contributed by atoms with Crippen molar-refractivity contribution < 1.29 is 4.42 Å². The van der Waals surface area contributed by atoms with Gasteiger partial charge in [0.25, 0.3) is 0 Å². The Morgan fingerprint density at radius 1 is 1.25 bits per heavy atom. The molecule has 0 amide bonds. The third-order valence-electron chi connectivity index (χ3n) is 2.01. The fraction of sp³-hybridized carbons (Fsp3) is 0.778. The standard InChI is InChI=1S/C9H14N2O/c1-9(2,3)8-11-10-7(12-8)6-4-5-6/h6H,4-5H2,1-3H3. The molecule has 1 aromatic heterocycles. The molecule has 0 saturated heterocycles. The zero-order chi connectivity index (χ0) is 8.77. The molecule has 66 valence electrons. The predicted octanol–water partition coefficient (Wildman–Crippen LogP) is 2.24. The lowest BCUT2D eigenvalue weighted by Crippen LogP contribution is -2.11. The Bertz CT molecular complexity index is 281. The van der Waals surface area contributed by atoms with Crippen molar-refractivity contribution >= 4 is 0 Å². The van der Waals surface area contributed by atoms with Crippen LogP contribution in [0.5, 0.6) is 0 Å². The zero-order valence-electron chi connectivity index (χ0n) is 7.79. The highest BCUT2D eigenvalue weighted by atomic mass is 16.4. The Balaban J connectivity index is 2.23. The number of hydrogen-bond donors (Lipinski definition) is 0. The highest BCUT2D eigenvalue weighted by Gasteiger charge is 2.31. The molecule has 0 atom stereocenters. The molecule has 3 heteroatoms. The number of rotatable bonds is 1. The van der Waals surface area contributed by atoms with E-state index in [0.29, 0.717) is 5.92 Å². The van der Waals surface area contributed by atoms with Crippen LogP contribution in [0, 0.1) is 0 Å². The Labute approximate surface area is 72.2 Å². The van der Waals surface area contributed by atoms with Crippen molar-refractivity contribution in [3.05, 3.63) is 11.8 Å². The van der Waals surface area contributed by atoms with Crippen molar-refractivity contribution in [3.63, 3.8) is 0 Å².